The van der Waals surface area contributed by atoms with Crippen molar-refractivity contribution in [2.45, 2.75) is 178 Å². The van der Waals surface area contributed by atoms with Crippen LogP contribution in [-0.2, 0) is 75.2 Å². The number of nitrogens with two attached hydrogens (primary N) is 5. The first-order chi connectivity index (χ1) is 45.3. The number of aliphatic hydroxyl groups is 1. The Morgan fingerprint density at radius 3 is 1.81 bits per heavy atom. The molecule has 2 aromatic carbocycles. The van der Waals surface area contributed by atoms with Gasteiger partial charge in [-0.05, 0) is 113 Å². The minimum absolute atomic E-state index is 0.0139. The molecular weight excluding hydrogens is 1270 g/mol. The van der Waals surface area contributed by atoms with E-state index in [4.69, 9.17) is 40.3 Å². The molecular formula is C61H92ClN19O15. The van der Waals surface area contributed by atoms with Crippen LogP contribution in [0.15, 0.2) is 58.5 Å². The number of carbonyl (C=O) groups excluding carboxylic acids is 13. The lowest BCUT2D eigenvalue weighted by atomic mass is 10.0. The largest absolute Gasteiger partial charge is 0.508 e. The van der Waals surface area contributed by atoms with Crippen molar-refractivity contribution in [3.63, 3.8) is 0 Å². The number of hydrogen-bond acceptors (Lipinski definition) is 17. The first-order valence-corrected chi connectivity index (χ1v) is 31.8. The number of primary amides is 1. The first kappa shape index (κ1) is 78.6. The molecule has 35 heteroatoms. The molecule has 4 rings (SSSR count). The number of hydrogen-bond donors (Lipinski definition) is 18. The van der Waals surface area contributed by atoms with Crippen LogP contribution in [-0.4, -0.2) is 203 Å². The number of amides is 13. The molecule has 528 valence electrons. The molecule has 2 saturated heterocycles. The molecule has 0 aromatic heterocycles. The summed E-state index contributed by atoms with van der Waals surface area (Å²) in [6, 6.07) is -3.49. The fourth-order valence-electron chi connectivity index (χ4n) is 10.3. The van der Waals surface area contributed by atoms with Crippen LogP contribution in [0.5, 0.6) is 5.75 Å². The van der Waals surface area contributed by atoms with Gasteiger partial charge in [-0.15, -0.1) is 0 Å². The summed E-state index contributed by atoms with van der Waals surface area (Å²) >= 11 is 6.08. The minimum Gasteiger partial charge on any atom is -0.508 e. The van der Waals surface area contributed by atoms with Gasteiger partial charge in [-0.25, -0.2) is 0 Å². The van der Waals surface area contributed by atoms with Crippen molar-refractivity contribution in [2.75, 3.05) is 32.8 Å². The van der Waals surface area contributed by atoms with Crippen LogP contribution >= 0.6 is 11.6 Å². The van der Waals surface area contributed by atoms with E-state index in [1.165, 1.54) is 43.0 Å². The average molecular weight is 1370 g/mol. The Labute approximate surface area is 560 Å². The highest BCUT2D eigenvalue weighted by molar-refractivity contribution is 6.30. The monoisotopic (exact) mass is 1370 g/mol. The first-order valence-electron chi connectivity index (χ1n) is 31.5. The van der Waals surface area contributed by atoms with Gasteiger partial charge >= 0.3 is 0 Å². The topological polar surface area (TPSA) is 553 Å². The highest BCUT2D eigenvalue weighted by Gasteiger charge is 2.40. The van der Waals surface area contributed by atoms with Crippen molar-refractivity contribution in [3.8, 4) is 5.75 Å². The number of aromatic hydroxyl groups is 1. The summed E-state index contributed by atoms with van der Waals surface area (Å²) < 4.78 is 0. The number of rotatable bonds is 30. The highest BCUT2D eigenvalue weighted by atomic mass is 35.5. The van der Waals surface area contributed by atoms with E-state index in [0.29, 0.717) is 22.6 Å². The Balaban J connectivity index is 1.63. The molecule has 23 N–H and O–H groups in total. The summed E-state index contributed by atoms with van der Waals surface area (Å²) in [7, 11) is 0. The normalized spacial score (nSPS) is 19.7. The van der Waals surface area contributed by atoms with E-state index >= 15 is 0 Å². The summed E-state index contributed by atoms with van der Waals surface area (Å²) in [6.07, 6.45) is -0.708. The Hall–Kier alpha value is -9.86. The lowest BCUT2D eigenvalue weighted by molar-refractivity contribution is -0.142. The zero-order valence-electron chi connectivity index (χ0n) is 54.4. The van der Waals surface area contributed by atoms with E-state index < -0.39 is 156 Å². The van der Waals surface area contributed by atoms with Crippen LogP contribution in [0.25, 0.3) is 0 Å². The molecule has 0 aliphatic carbocycles. The molecule has 0 radical (unpaired) electrons. The lowest BCUT2D eigenvalue weighted by Crippen LogP contribution is -2.61. The van der Waals surface area contributed by atoms with E-state index in [1.54, 1.807) is 38.1 Å². The number of halogens is 1. The summed E-state index contributed by atoms with van der Waals surface area (Å²) in [6.45, 7) is 6.20. The SMILES string of the molecule is CC(=O)NC1CC(=O)NC(C)C(=O)N[C@@H](C(=O)N[C@@H](CO)C(=O)N[C@@H](Cc2ccc(O)cc2)C(=O)NC(CCCN=C(N)N)C(=O)N[C@H](CC(C)C)C(=O)N[C@@H](CCCN=C(N)N)C(=O)N2CCC[C@@H]2C(=O)NC(C)C(N)=O)CCCNC(=O)[C@@H](Cc2ccc(Cl)cc2)NC1=O. The van der Waals surface area contributed by atoms with Crippen molar-refractivity contribution in [3.05, 3.63) is 64.7 Å². The average Bonchev–Trinajstić information content (AvgIpc) is 1.59. The van der Waals surface area contributed by atoms with Crippen molar-refractivity contribution in [2.24, 2.45) is 44.6 Å². The van der Waals surface area contributed by atoms with Crippen molar-refractivity contribution >= 4 is 100 Å². The maximum atomic E-state index is 14.7. The second kappa shape index (κ2) is 39.1. The van der Waals surface area contributed by atoms with Gasteiger partial charge in [0.05, 0.1) is 13.0 Å². The Morgan fingerprint density at radius 1 is 0.656 bits per heavy atom. The quantitative estimate of drug-likeness (QED) is 0.0197. The second-order valence-electron chi connectivity index (χ2n) is 23.8. The van der Waals surface area contributed by atoms with Gasteiger partial charge < -0.3 is 102 Å². The number of benzene rings is 2. The number of aliphatic hydroxyl groups excluding tert-OH is 1. The molecule has 34 nitrogen and oxygen atoms in total. The molecule has 2 aliphatic rings. The smallest absolute Gasteiger partial charge is 0.245 e. The Bertz CT molecular complexity index is 3130. The van der Waals surface area contributed by atoms with Gasteiger partial charge in [0.1, 0.15) is 72.2 Å². The third kappa shape index (κ3) is 26.9. The van der Waals surface area contributed by atoms with Crippen LogP contribution < -0.4 is 87.2 Å². The van der Waals surface area contributed by atoms with E-state index in [1.807, 2.05) is 0 Å². The number of aliphatic imine (C=N–C) groups is 2. The van der Waals surface area contributed by atoms with Crippen LogP contribution in [0.4, 0.5) is 0 Å². The van der Waals surface area contributed by atoms with Crippen LogP contribution in [0.3, 0.4) is 0 Å². The molecule has 2 fully saturated rings. The number of phenols is 1. The van der Waals surface area contributed by atoms with Crippen molar-refractivity contribution in [1.82, 2.24) is 63.4 Å². The number of phenolic OH excluding ortho intramolecular Hbond substituents is 1. The van der Waals surface area contributed by atoms with Crippen LogP contribution in [0.1, 0.15) is 110 Å². The van der Waals surface area contributed by atoms with Crippen LogP contribution in [0, 0.1) is 5.92 Å². The van der Waals surface area contributed by atoms with Gasteiger partial charge in [0, 0.05) is 51.0 Å². The zero-order valence-corrected chi connectivity index (χ0v) is 55.1. The Kier molecular flexibility index (Phi) is 32.0. The second-order valence-corrected chi connectivity index (χ2v) is 24.3. The number of likely N-dealkylation sites (tertiary alicyclic amines) is 1. The highest BCUT2D eigenvalue weighted by Crippen LogP contribution is 2.21. The third-order valence-corrected chi connectivity index (χ3v) is 15.6. The van der Waals surface area contributed by atoms with Gasteiger partial charge in [-0.3, -0.25) is 72.3 Å². The van der Waals surface area contributed by atoms with Gasteiger partial charge in [-0.1, -0.05) is 49.7 Å². The zero-order chi connectivity index (χ0) is 71.3. The molecule has 0 spiro atoms. The molecule has 0 saturated carbocycles. The fourth-order valence-corrected chi connectivity index (χ4v) is 10.4. The minimum atomic E-state index is -1.85. The maximum absolute atomic E-state index is 14.7. The van der Waals surface area contributed by atoms with E-state index in [0.717, 1.165) is 6.92 Å². The van der Waals surface area contributed by atoms with Gasteiger partial charge in [-0.2, -0.15) is 0 Å². The number of guanidine groups is 2. The summed E-state index contributed by atoms with van der Waals surface area (Å²) in [4.78, 5) is 188. The maximum Gasteiger partial charge on any atom is 0.245 e. The predicted octanol–water partition coefficient (Wildman–Crippen LogP) is -5.34. The van der Waals surface area contributed by atoms with Gasteiger partial charge in [0.25, 0.3) is 0 Å². The number of nitrogens with one attached hydrogen (secondary N) is 11. The number of carbonyl (C=O) groups is 13. The predicted molar refractivity (Wildman–Crippen MR) is 350 cm³/mol. The fraction of sp³-hybridized carbons (Fsp3) is 0.557. The van der Waals surface area contributed by atoms with E-state index in [9.17, 15) is 72.5 Å². The standard InChI is InChI=1S/C61H92ClN19O15/c1-31(2)26-42(54(91)76-41(12-8-24-70-61(66)67)59(96)81-25-9-13-47(81)58(95)72-32(3)49(63)86)77-52(89)40(11-7-23-69-60(64)65)75-55(92)44(28-36-16-20-38(84)21-17-36)79-57(94)46(30-82)80-53(90)39-10-6-22-68-51(88)43(27-35-14-18-37(62)19-15-35)78-56(93)45(73-34(5)83)29-48(85)71-33(4)50(87)74-39/h14-21,31-33,39-47,82,84H,6-13,22-30H2,1-5H3,(H2,63,86)(H,68,88)(H,71,85)(H,72,95)(H,73,83)(H,74,87)(H,75,92)(H,76,91)(H,77,89)(H,78,93)(H,79,94)(H,80,90)(H4,64,65,69)(H4,66,67,70)/t32?,33?,39-,40?,41+,42-,43-,44+,45?,46+,47-/m1/s1. The van der Waals surface area contributed by atoms with Crippen LogP contribution in [0.2, 0.25) is 5.02 Å². The molecule has 11 atom stereocenters. The molecule has 4 unspecified atom stereocenters. The van der Waals surface area contributed by atoms with E-state index in [2.05, 4.69) is 68.5 Å². The molecule has 2 heterocycles. The molecule has 2 aromatic rings. The Morgan fingerprint density at radius 2 is 1.22 bits per heavy atom. The van der Waals surface area contributed by atoms with E-state index in [-0.39, 0.29) is 114 Å². The number of nitrogens with zero attached hydrogens (tertiary/aromatic N) is 3. The van der Waals surface area contributed by atoms with Gasteiger partial charge in [0.15, 0.2) is 11.9 Å². The molecule has 0 bridgehead atoms. The molecule has 13 amide bonds. The molecule has 96 heavy (non-hydrogen) atoms. The summed E-state index contributed by atoms with van der Waals surface area (Å²) in [5.74, 6) is -12.0. The lowest BCUT2D eigenvalue weighted by Gasteiger charge is -2.31. The molecule has 2 aliphatic heterocycles. The van der Waals surface area contributed by atoms with Crippen molar-refractivity contribution < 1.29 is 72.5 Å². The third-order valence-electron chi connectivity index (χ3n) is 15.4. The summed E-state index contributed by atoms with van der Waals surface area (Å²) in [5.41, 5.74) is 28.6. The van der Waals surface area contributed by atoms with Crippen molar-refractivity contribution in [1.29, 1.82) is 0 Å². The summed E-state index contributed by atoms with van der Waals surface area (Å²) in [5, 5.41) is 49.3. The van der Waals surface area contributed by atoms with Gasteiger partial charge in [0.2, 0.25) is 76.8 Å².